The van der Waals surface area contributed by atoms with Gasteiger partial charge < -0.3 is 10.2 Å². The number of rotatable bonds is 7. The van der Waals surface area contributed by atoms with E-state index in [-0.39, 0.29) is 22.6 Å². The summed E-state index contributed by atoms with van der Waals surface area (Å²) in [7, 11) is 0. The van der Waals surface area contributed by atoms with E-state index in [0.717, 1.165) is 44.8 Å². The minimum absolute atomic E-state index is 0.0974. The molecule has 0 bridgehead atoms. The van der Waals surface area contributed by atoms with Crippen molar-refractivity contribution in [3.8, 4) is 0 Å². The molecule has 1 aromatic rings. The molecule has 0 aromatic heterocycles. The number of amides is 1. The van der Waals surface area contributed by atoms with E-state index in [2.05, 4.69) is 21.2 Å². The molecule has 152 valence electrons. The molecule has 1 heterocycles. The van der Waals surface area contributed by atoms with Gasteiger partial charge in [0, 0.05) is 50.5 Å². The molecule has 0 unspecified atom stereocenters. The zero-order valence-corrected chi connectivity index (χ0v) is 16.6. The molecule has 28 heavy (non-hydrogen) atoms. The molecule has 1 saturated heterocycles. The molecule has 1 fully saturated rings. The van der Waals surface area contributed by atoms with Gasteiger partial charge in [0.2, 0.25) is 5.91 Å². The Hall–Kier alpha value is -2.41. The highest BCUT2D eigenvalue weighted by molar-refractivity contribution is 5.81. The number of hydrogen-bond acceptors (Lipinski definition) is 5. The normalized spacial score (nSPS) is 19.0. The molecule has 7 heteroatoms. The SMILES string of the molecule is C[C@H](C(=O)NCCC1=CCCCC1)N1CCN(c2ccc([N+](=O)[O-])cc2)CC1. The van der Waals surface area contributed by atoms with E-state index >= 15 is 0 Å². The number of allylic oxidation sites excluding steroid dienone is 1. The van der Waals surface area contributed by atoms with Gasteiger partial charge in [0.1, 0.15) is 0 Å². The lowest BCUT2D eigenvalue weighted by atomic mass is 9.97. The fraction of sp³-hybridized carbons (Fsp3) is 0.571. The van der Waals surface area contributed by atoms with Crippen molar-refractivity contribution >= 4 is 17.3 Å². The fourth-order valence-corrected chi connectivity index (χ4v) is 3.94. The fourth-order valence-electron chi connectivity index (χ4n) is 3.94. The van der Waals surface area contributed by atoms with Gasteiger partial charge in [-0.1, -0.05) is 11.6 Å². The van der Waals surface area contributed by atoms with Crippen molar-refractivity contribution in [2.24, 2.45) is 0 Å². The standard InChI is InChI=1S/C21H30N4O3/c1-17(21(26)22-12-11-18-5-3-2-4-6-18)23-13-15-24(16-14-23)19-7-9-20(10-8-19)25(27)28/h5,7-10,17H,2-4,6,11-16H2,1H3,(H,22,26)/t17-/m1/s1. The molecule has 2 aliphatic rings. The lowest BCUT2D eigenvalue weighted by molar-refractivity contribution is -0.384. The largest absolute Gasteiger partial charge is 0.369 e. The van der Waals surface area contributed by atoms with E-state index in [1.807, 2.05) is 6.92 Å². The van der Waals surface area contributed by atoms with Crippen molar-refractivity contribution in [3.63, 3.8) is 0 Å². The minimum atomic E-state index is -0.382. The summed E-state index contributed by atoms with van der Waals surface area (Å²) < 4.78 is 0. The molecule has 0 saturated carbocycles. The second-order valence-electron chi connectivity index (χ2n) is 7.62. The Morgan fingerprint density at radius 1 is 1.18 bits per heavy atom. The third-order valence-electron chi connectivity index (χ3n) is 5.80. The molecule has 1 N–H and O–H groups in total. The highest BCUT2D eigenvalue weighted by Crippen LogP contribution is 2.21. The number of nitrogens with one attached hydrogen (secondary N) is 1. The molecule has 1 aliphatic carbocycles. The van der Waals surface area contributed by atoms with Crippen molar-refractivity contribution < 1.29 is 9.72 Å². The summed E-state index contributed by atoms with van der Waals surface area (Å²) in [4.78, 5) is 27.3. The maximum absolute atomic E-state index is 12.5. The Kier molecular flexibility index (Phi) is 7.03. The number of carbonyl (C=O) groups excluding carboxylic acids is 1. The first-order valence-electron chi connectivity index (χ1n) is 10.2. The molecule has 7 nitrogen and oxygen atoms in total. The summed E-state index contributed by atoms with van der Waals surface area (Å²) in [6.45, 7) is 5.91. The first-order valence-corrected chi connectivity index (χ1v) is 10.2. The Bertz CT molecular complexity index is 709. The zero-order chi connectivity index (χ0) is 19.9. The summed E-state index contributed by atoms with van der Waals surface area (Å²) in [5, 5.41) is 13.9. The molecule has 0 spiro atoms. The Labute approximate surface area is 166 Å². The summed E-state index contributed by atoms with van der Waals surface area (Å²) >= 11 is 0. The van der Waals surface area contributed by atoms with Gasteiger partial charge in [-0.25, -0.2) is 0 Å². The van der Waals surface area contributed by atoms with Crippen molar-refractivity contribution in [2.75, 3.05) is 37.6 Å². The second kappa shape index (κ2) is 9.68. The summed E-state index contributed by atoms with van der Waals surface area (Å²) in [6.07, 6.45) is 8.21. The number of anilines is 1. The van der Waals surface area contributed by atoms with Crippen LogP contribution in [0.15, 0.2) is 35.9 Å². The van der Waals surface area contributed by atoms with Crippen molar-refractivity contribution in [3.05, 3.63) is 46.0 Å². The molecule has 0 radical (unpaired) electrons. The number of non-ortho nitro benzene ring substituents is 1. The van der Waals surface area contributed by atoms with Gasteiger partial charge in [0.25, 0.3) is 5.69 Å². The maximum atomic E-state index is 12.5. The van der Waals surface area contributed by atoms with Gasteiger partial charge in [0.05, 0.1) is 11.0 Å². The summed E-state index contributed by atoms with van der Waals surface area (Å²) in [6, 6.07) is 6.53. The van der Waals surface area contributed by atoms with Gasteiger partial charge in [-0.2, -0.15) is 0 Å². The van der Waals surface area contributed by atoms with E-state index < -0.39 is 0 Å². The summed E-state index contributed by atoms with van der Waals surface area (Å²) in [5.74, 6) is 0.0974. The highest BCUT2D eigenvalue weighted by atomic mass is 16.6. The molecular formula is C21H30N4O3. The van der Waals surface area contributed by atoms with E-state index in [0.29, 0.717) is 0 Å². The predicted octanol–water partition coefficient (Wildman–Crippen LogP) is 3.11. The van der Waals surface area contributed by atoms with Gasteiger partial charge in [0.15, 0.2) is 0 Å². The smallest absolute Gasteiger partial charge is 0.269 e. The molecule has 1 aromatic carbocycles. The van der Waals surface area contributed by atoms with E-state index in [9.17, 15) is 14.9 Å². The van der Waals surface area contributed by atoms with Crippen molar-refractivity contribution in [1.82, 2.24) is 10.2 Å². The van der Waals surface area contributed by atoms with Crippen LogP contribution in [-0.2, 0) is 4.79 Å². The van der Waals surface area contributed by atoms with E-state index in [4.69, 9.17) is 0 Å². The van der Waals surface area contributed by atoms with Crippen molar-refractivity contribution in [1.29, 1.82) is 0 Å². The van der Waals surface area contributed by atoms with Crippen molar-refractivity contribution in [2.45, 2.75) is 45.1 Å². The number of hydrogen-bond donors (Lipinski definition) is 1. The average Bonchev–Trinajstić information content (AvgIpc) is 2.74. The maximum Gasteiger partial charge on any atom is 0.269 e. The lowest BCUT2D eigenvalue weighted by Crippen LogP contribution is -2.54. The number of nitrogens with zero attached hydrogens (tertiary/aromatic N) is 3. The Morgan fingerprint density at radius 2 is 1.89 bits per heavy atom. The van der Waals surface area contributed by atoms with Crippen LogP contribution >= 0.6 is 0 Å². The first-order chi connectivity index (χ1) is 13.5. The molecule has 1 aliphatic heterocycles. The van der Waals surface area contributed by atoms with Crippen LogP contribution in [0.3, 0.4) is 0 Å². The van der Waals surface area contributed by atoms with Crippen LogP contribution in [0.1, 0.15) is 39.0 Å². The quantitative estimate of drug-likeness (QED) is 0.443. The number of piperazine rings is 1. The number of nitro benzene ring substituents is 1. The first kappa shape index (κ1) is 20.3. The van der Waals surface area contributed by atoms with Crippen LogP contribution in [0.5, 0.6) is 0 Å². The molecule has 3 rings (SSSR count). The van der Waals surface area contributed by atoms with Crippen LogP contribution in [0.25, 0.3) is 0 Å². The number of benzene rings is 1. The predicted molar refractivity (Wildman–Crippen MR) is 111 cm³/mol. The van der Waals surface area contributed by atoms with Gasteiger partial charge >= 0.3 is 0 Å². The van der Waals surface area contributed by atoms with E-state index in [1.54, 1.807) is 24.3 Å². The third kappa shape index (κ3) is 5.32. The molecule has 1 amide bonds. The highest BCUT2D eigenvalue weighted by Gasteiger charge is 2.25. The van der Waals surface area contributed by atoms with Crippen LogP contribution in [0, 0.1) is 10.1 Å². The number of carbonyl (C=O) groups is 1. The Morgan fingerprint density at radius 3 is 2.50 bits per heavy atom. The van der Waals surface area contributed by atoms with E-state index in [1.165, 1.54) is 31.3 Å². The zero-order valence-electron chi connectivity index (χ0n) is 16.6. The van der Waals surface area contributed by atoms with Crippen LogP contribution in [0.2, 0.25) is 0 Å². The van der Waals surface area contributed by atoms with Gasteiger partial charge in [-0.3, -0.25) is 19.8 Å². The monoisotopic (exact) mass is 386 g/mol. The average molecular weight is 386 g/mol. The van der Waals surface area contributed by atoms with Crippen LogP contribution < -0.4 is 10.2 Å². The second-order valence-corrected chi connectivity index (χ2v) is 7.62. The minimum Gasteiger partial charge on any atom is -0.369 e. The number of nitro groups is 1. The topological polar surface area (TPSA) is 78.7 Å². The summed E-state index contributed by atoms with van der Waals surface area (Å²) in [5.41, 5.74) is 2.58. The van der Waals surface area contributed by atoms with Crippen LogP contribution in [0.4, 0.5) is 11.4 Å². The lowest BCUT2D eigenvalue weighted by Gasteiger charge is -2.38. The molecule has 1 atom stereocenters. The molecular weight excluding hydrogens is 356 g/mol. The van der Waals surface area contributed by atoms with Crippen LogP contribution in [-0.4, -0.2) is 54.5 Å². The third-order valence-corrected chi connectivity index (χ3v) is 5.80. The van der Waals surface area contributed by atoms with Gasteiger partial charge in [-0.15, -0.1) is 0 Å². The Balaban J connectivity index is 1.42. The van der Waals surface area contributed by atoms with Gasteiger partial charge in [-0.05, 0) is 51.2 Å².